The van der Waals surface area contributed by atoms with E-state index in [9.17, 15) is 0 Å². The van der Waals surface area contributed by atoms with Crippen molar-refractivity contribution in [2.24, 2.45) is 11.3 Å². The van der Waals surface area contributed by atoms with Crippen LogP contribution < -0.4 is 0 Å². The third kappa shape index (κ3) is 4.42. The zero-order chi connectivity index (χ0) is 12.9. The van der Waals surface area contributed by atoms with Crippen LogP contribution in [0.15, 0.2) is 0 Å². The first kappa shape index (κ1) is 15.9. The minimum Gasteiger partial charge on any atom is -0.378 e. The smallest absolute Gasteiger partial charge is 0.0880 e. The standard InChI is InChI=1S/C12H24O2.C2H6/c1-8-10(7-12(3,4)5)14-9(2)11(8)13-6;1-2/h8-11H,7H2,1-6H3;1-2H3/t8-,9+,10-,11-;/m1./s1. The van der Waals surface area contributed by atoms with E-state index < -0.39 is 0 Å². The molecule has 1 rings (SSSR count). The average Bonchev–Trinajstić information content (AvgIpc) is 2.42. The van der Waals surface area contributed by atoms with Crippen molar-refractivity contribution < 1.29 is 9.47 Å². The van der Waals surface area contributed by atoms with Crippen LogP contribution in [0.5, 0.6) is 0 Å². The highest BCUT2D eigenvalue weighted by atomic mass is 16.6. The van der Waals surface area contributed by atoms with Crippen LogP contribution >= 0.6 is 0 Å². The van der Waals surface area contributed by atoms with E-state index in [1.54, 1.807) is 7.11 Å². The first-order valence-corrected chi connectivity index (χ1v) is 6.53. The van der Waals surface area contributed by atoms with Crippen LogP contribution in [0.2, 0.25) is 0 Å². The summed E-state index contributed by atoms with van der Waals surface area (Å²) in [4.78, 5) is 0. The molecule has 1 aliphatic heterocycles. The van der Waals surface area contributed by atoms with Gasteiger partial charge in [0.25, 0.3) is 0 Å². The lowest BCUT2D eigenvalue weighted by atomic mass is 9.84. The van der Waals surface area contributed by atoms with E-state index in [1.165, 1.54) is 0 Å². The molecule has 0 amide bonds. The molecule has 1 fully saturated rings. The van der Waals surface area contributed by atoms with E-state index >= 15 is 0 Å². The molecule has 0 unspecified atom stereocenters. The van der Waals surface area contributed by atoms with Crippen molar-refractivity contribution in [1.82, 2.24) is 0 Å². The number of hydrogen-bond donors (Lipinski definition) is 0. The Labute approximate surface area is 102 Å². The van der Waals surface area contributed by atoms with Gasteiger partial charge in [0.1, 0.15) is 0 Å². The highest BCUT2D eigenvalue weighted by Crippen LogP contribution is 2.35. The molecule has 1 heterocycles. The molecule has 0 aromatic rings. The first-order chi connectivity index (χ1) is 7.35. The maximum atomic E-state index is 5.93. The Kier molecular flexibility index (Phi) is 6.57. The van der Waals surface area contributed by atoms with Crippen LogP contribution in [0.1, 0.15) is 54.9 Å². The van der Waals surface area contributed by atoms with Crippen molar-refractivity contribution in [3.63, 3.8) is 0 Å². The summed E-state index contributed by atoms with van der Waals surface area (Å²) >= 11 is 0. The topological polar surface area (TPSA) is 18.5 Å². The van der Waals surface area contributed by atoms with Crippen molar-refractivity contribution in [2.75, 3.05) is 7.11 Å². The Morgan fingerprint density at radius 3 is 1.94 bits per heavy atom. The third-order valence-electron chi connectivity index (χ3n) is 3.04. The predicted octanol–water partition coefficient (Wildman–Crippen LogP) is 3.89. The Hall–Kier alpha value is -0.0800. The van der Waals surface area contributed by atoms with Crippen LogP contribution in [0.25, 0.3) is 0 Å². The molecule has 4 atom stereocenters. The molecule has 2 heteroatoms. The van der Waals surface area contributed by atoms with E-state index in [1.807, 2.05) is 13.8 Å². The number of methoxy groups -OCH3 is 1. The Bertz CT molecular complexity index is 184. The molecule has 0 aliphatic carbocycles. The molecule has 98 valence electrons. The molecule has 0 spiro atoms. The van der Waals surface area contributed by atoms with E-state index in [0.717, 1.165) is 6.42 Å². The SMILES string of the molecule is CC.CO[C@@H]1[C@H](C)[C@@H](CC(C)(C)C)O[C@H]1C. The van der Waals surface area contributed by atoms with Gasteiger partial charge in [0.05, 0.1) is 18.3 Å². The largest absolute Gasteiger partial charge is 0.378 e. The van der Waals surface area contributed by atoms with Gasteiger partial charge in [0.15, 0.2) is 0 Å². The van der Waals surface area contributed by atoms with E-state index in [-0.39, 0.29) is 12.2 Å². The quantitative estimate of drug-likeness (QED) is 0.716. The predicted molar refractivity (Wildman–Crippen MR) is 69.7 cm³/mol. The molecular weight excluding hydrogens is 200 g/mol. The fourth-order valence-corrected chi connectivity index (χ4v) is 2.36. The summed E-state index contributed by atoms with van der Waals surface area (Å²) in [5.74, 6) is 0.509. The number of ether oxygens (including phenoxy) is 2. The van der Waals surface area contributed by atoms with Crippen molar-refractivity contribution >= 4 is 0 Å². The molecule has 16 heavy (non-hydrogen) atoms. The van der Waals surface area contributed by atoms with E-state index in [0.29, 0.717) is 17.4 Å². The fraction of sp³-hybridized carbons (Fsp3) is 1.00. The van der Waals surface area contributed by atoms with Crippen LogP contribution in [0, 0.1) is 11.3 Å². The van der Waals surface area contributed by atoms with Gasteiger partial charge in [-0.15, -0.1) is 0 Å². The molecule has 0 N–H and O–H groups in total. The van der Waals surface area contributed by atoms with Crippen LogP contribution in [0.3, 0.4) is 0 Å². The van der Waals surface area contributed by atoms with Gasteiger partial charge in [0, 0.05) is 13.0 Å². The Balaban J connectivity index is 0.00000106. The molecule has 0 aromatic heterocycles. The van der Waals surface area contributed by atoms with E-state index in [4.69, 9.17) is 9.47 Å². The van der Waals surface area contributed by atoms with Crippen LogP contribution in [-0.2, 0) is 9.47 Å². The van der Waals surface area contributed by atoms with Crippen molar-refractivity contribution in [3.8, 4) is 0 Å². The van der Waals surface area contributed by atoms with Gasteiger partial charge in [-0.3, -0.25) is 0 Å². The lowest BCUT2D eigenvalue weighted by molar-refractivity contribution is -0.00387. The second kappa shape index (κ2) is 6.61. The Morgan fingerprint density at radius 1 is 1.12 bits per heavy atom. The highest BCUT2D eigenvalue weighted by molar-refractivity contribution is 4.88. The fourth-order valence-electron chi connectivity index (χ4n) is 2.36. The van der Waals surface area contributed by atoms with Crippen molar-refractivity contribution in [3.05, 3.63) is 0 Å². The Morgan fingerprint density at radius 2 is 1.62 bits per heavy atom. The van der Waals surface area contributed by atoms with Gasteiger partial charge < -0.3 is 9.47 Å². The summed E-state index contributed by atoms with van der Waals surface area (Å²) in [6.07, 6.45) is 1.97. The molecular formula is C14H30O2. The monoisotopic (exact) mass is 230 g/mol. The molecule has 2 nitrogen and oxygen atoms in total. The van der Waals surface area contributed by atoms with Gasteiger partial charge in [-0.25, -0.2) is 0 Å². The van der Waals surface area contributed by atoms with Gasteiger partial charge in [0.2, 0.25) is 0 Å². The summed E-state index contributed by atoms with van der Waals surface area (Å²) in [7, 11) is 1.78. The number of rotatable bonds is 2. The third-order valence-corrected chi connectivity index (χ3v) is 3.04. The summed E-state index contributed by atoms with van der Waals surface area (Å²) in [6.45, 7) is 15.1. The van der Waals surface area contributed by atoms with Gasteiger partial charge >= 0.3 is 0 Å². The molecule has 0 bridgehead atoms. The van der Waals surface area contributed by atoms with Gasteiger partial charge in [-0.05, 0) is 18.8 Å². The average molecular weight is 230 g/mol. The van der Waals surface area contributed by atoms with Gasteiger partial charge in [-0.2, -0.15) is 0 Å². The second-order valence-electron chi connectivity index (χ2n) is 5.70. The van der Waals surface area contributed by atoms with E-state index in [2.05, 4.69) is 34.6 Å². The van der Waals surface area contributed by atoms with Crippen LogP contribution in [-0.4, -0.2) is 25.4 Å². The minimum atomic E-state index is 0.238. The maximum absolute atomic E-state index is 5.93. The minimum absolute atomic E-state index is 0.238. The summed E-state index contributed by atoms with van der Waals surface area (Å²) in [6, 6.07) is 0. The maximum Gasteiger partial charge on any atom is 0.0880 e. The number of hydrogen-bond acceptors (Lipinski definition) is 2. The summed E-state index contributed by atoms with van der Waals surface area (Å²) in [5.41, 5.74) is 0.335. The van der Waals surface area contributed by atoms with Crippen molar-refractivity contribution in [2.45, 2.75) is 73.2 Å². The highest BCUT2D eigenvalue weighted by Gasteiger charge is 2.40. The summed E-state index contributed by atoms with van der Waals surface area (Å²) < 4.78 is 11.4. The lowest BCUT2D eigenvalue weighted by Crippen LogP contribution is -2.27. The molecule has 0 saturated carbocycles. The molecule has 1 aliphatic rings. The second-order valence-corrected chi connectivity index (χ2v) is 5.70. The molecule has 0 aromatic carbocycles. The molecule has 1 saturated heterocycles. The van der Waals surface area contributed by atoms with Gasteiger partial charge in [-0.1, -0.05) is 41.5 Å². The normalized spacial score (nSPS) is 34.5. The zero-order valence-corrected chi connectivity index (χ0v) is 12.3. The first-order valence-electron chi connectivity index (χ1n) is 6.53. The summed E-state index contributed by atoms with van der Waals surface area (Å²) in [5, 5.41) is 0. The molecule has 0 radical (unpaired) electrons. The zero-order valence-electron chi connectivity index (χ0n) is 12.3. The lowest BCUT2D eigenvalue weighted by Gasteiger charge is -2.25. The van der Waals surface area contributed by atoms with Crippen LogP contribution in [0.4, 0.5) is 0 Å². The van der Waals surface area contributed by atoms with Crippen molar-refractivity contribution in [1.29, 1.82) is 0 Å².